The fourth-order valence-corrected chi connectivity index (χ4v) is 3.28. The molecule has 6 nitrogen and oxygen atoms in total. The van der Waals surface area contributed by atoms with Gasteiger partial charge in [-0.3, -0.25) is 4.57 Å². The molecule has 2 amide bonds. The van der Waals surface area contributed by atoms with Crippen molar-refractivity contribution in [1.29, 1.82) is 0 Å². The zero-order valence-corrected chi connectivity index (χ0v) is 12.4. The molecule has 1 aromatic heterocycles. The van der Waals surface area contributed by atoms with E-state index in [-0.39, 0.29) is 11.8 Å². The number of carbonyl (C=O) groups excluding carboxylic acids is 1. The Bertz CT molecular complexity index is 688. The summed E-state index contributed by atoms with van der Waals surface area (Å²) in [7, 11) is 0. The Labute approximate surface area is 126 Å². The molecule has 1 aliphatic rings. The highest BCUT2D eigenvalue weighted by atomic mass is 32.2. The number of rotatable bonds is 3. The third-order valence-electron chi connectivity index (χ3n) is 3.48. The van der Waals surface area contributed by atoms with E-state index in [0.717, 1.165) is 30.1 Å². The van der Waals surface area contributed by atoms with Crippen LogP contribution in [0.15, 0.2) is 33.5 Å². The lowest BCUT2D eigenvalue weighted by molar-refractivity contribution is 0.202. The number of oxazole rings is 1. The quantitative estimate of drug-likeness (QED) is 0.929. The van der Waals surface area contributed by atoms with Gasteiger partial charge in [0.05, 0.1) is 5.52 Å². The number of hydrogen-bond donors (Lipinski definition) is 1. The van der Waals surface area contributed by atoms with E-state index in [9.17, 15) is 9.59 Å². The minimum atomic E-state index is -0.389. The predicted octanol–water partition coefficient (Wildman–Crippen LogP) is 1.35. The highest BCUT2D eigenvalue weighted by Gasteiger charge is 2.16. The van der Waals surface area contributed by atoms with Crippen LogP contribution < -0.4 is 11.1 Å². The molecule has 2 heterocycles. The summed E-state index contributed by atoms with van der Waals surface area (Å²) in [4.78, 5) is 25.6. The van der Waals surface area contributed by atoms with Gasteiger partial charge >= 0.3 is 11.8 Å². The Morgan fingerprint density at radius 2 is 2.05 bits per heavy atom. The van der Waals surface area contributed by atoms with Crippen molar-refractivity contribution in [1.82, 2.24) is 14.8 Å². The van der Waals surface area contributed by atoms with Crippen LogP contribution in [-0.4, -0.2) is 46.6 Å². The van der Waals surface area contributed by atoms with Gasteiger partial charge < -0.3 is 14.6 Å². The molecule has 0 spiro atoms. The van der Waals surface area contributed by atoms with Crippen molar-refractivity contribution in [2.24, 2.45) is 0 Å². The van der Waals surface area contributed by atoms with Gasteiger partial charge in [0.2, 0.25) is 0 Å². The summed E-state index contributed by atoms with van der Waals surface area (Å²) < 4.78 is 6.70. The van der Waals surface area contributed by atoms with Gasteiger partial charge in [-0.2, -0.15) is 11.8 Å². The molecule has 1 aromatic carbocycles. The molecule has 7 heteroatoms. The van der Waals surface area contributed by atoms with Crippen molar-refractivity contribution in [3.63, 3.8) is 0 Å². The molecule has 1 N–H and O–H groups in total. The highest BCUT2D eigenvalue weighted by Crippen LogP contribution is 2.11. The second kappa shape index (κ2) is 6.26. The zero-order valence-electron chi connectivity index (χ0n) is 11.6. The van der Waals surface area contributed by atoms with E-state index in [1.807, 2.05) is 34.9 Å². The Balaban J connectivity index is 1.60. The largest absolute Gasteiger partial charge is 0.420 e. The Morgan fingerprint density at radius 1 is 1.29 bits per heavy atom. The molecule has 2 aromatic rings. The predicted molar refractivity (Wildman–Crippen MR) is 82.8 cm³/mol. The number of benzene rings is 1. The number of nitrogens with zero attached hydrogens (tertiary/aromatic N) is 2. The summed E-state index contributed by atoms with van der Waals surface area (Å²) in [6.45, 7) is 2.38. The van der Waals surface area contributed by atoms with Crippen LogP contribution in [0.25, 0.3) is 11.1 Å². The maximum atomic E-state index is 12.0. The molecule has 3 rings (SSSR count). The average Bonchev–Trinajstić information content (AvgIpc) is 2.84. The topological polar surface area (TPSA) is 67.5 Å². The number of fused-ring (bicyclic) bond motifs is 1. The van der Waals surface area contributed by atoms with Crippen molar-refractivity contribution in [3.8, 4) is 0 Å². The van der Waals surface area contributed by atoms with Crippen molar-refractivity contribution in [2.45, 2.75) is 6.54 Å². The maximum absolute atomic E-state index is 12.0. The van der Waals surface area contributed by atoms with Crippen molar-refractivity contribution >= 4 is 28.9 Å². The van der Waals surface area contributed by atoms with E-state index in [1.54, 1.807) is 10.6 Å². The van der Waals surface area contributed by atoms with Gasteiger partial charge in [-0.05, 0) is 12.1 Å². The minimum Gasteiger partial charge on any atom is -0.408 e. The first-order valence-corrected chi connectivity index (χ1v) is 8.10. The molecular formula is C14H17N3O3S. The second-order valence-corrected chi connectivity index (χ2v) is 6.04. The van der Waals surface area contributed by atoms with Crippen LogP contribution >= 0.6 is 11.8 Å². The molecule has 0 atom stereocenters. The van der Waals surface area contributed by atoms with Gasteiger partial charge in [-0.25, -0.2) is 9.59 Å². The highest BCUT2D eigenvalue weighted by molar-refractivity contribution is 7.99. The second-order valence-electron chi connectivity index (χ2n) is 4.82. The van der Waals surface area contributed by atoms with E-state index in [1.165, 1.54) is 0 Å². The SMILES string of the molecule is O=C(NCCn1c(=O)oc2ccccc21)N1CCSCC1. The Kier molecular flexibility index (Phi) is 4.19. The molecule has 0 radical (unpaired) electrons. The molecule has 1 aliphatic heterocycles. The number of amides is 2. The first-order chi connectivity index (χ1) is 10.3. The molecule has 112 valence electrons. The van der Waals surface area contributed by atoms with E-state index in [2.05, 4.69) is 5.32 Å². The summed E-state index contributed by atoms with van der Waals surface area (Å²) in [5.41, 5.74) is 1.33. The van der Waals surface area contributed by atoms with Crippen molar-refractivity contribution < 1.29 is 9.21 Å². The fraction of sp³-hybridized carbons (Fsp3) is 0.429. The standard InChI is InChI=1S/C14H17N3O3S/c18-13(16-7-9-21-10-8-16)15-5-6-17-11-3-1-2-4-12(11)20-14(17)19/h1-4H,5-10H2,(H,15,18). The first kappa shape index (κ1) is 14.1. The lowest BCUT2D eigenvalue weighted by atomic mass is 10.3. The van der Waals surface area contributed by atoms with Gasteiger partial charge in [-0.15, -0.1) is 0 Å². The van der Waals surface area contributed by atoms with E-state index in [0.29, 0.717) is 18.7 Å². The summed E-state index contributed by atoms with van der Waals surface area (Å²) in [5.74, 6) is 1.58. The van der Waals surface area contributed by atoms with Gasteiger partial charge in [0, 0.05) is 37.7 Å². The van der Waals surface area contributed by atoms with Crippen LogP contribution in [0, 0.1) is 0 Å². The molecule has 1 fully saturated rings. The van der Waals surface area contributed by atoms with E-state index >= 15 is 0 Å². The Hall–Kier alpha value is -1.89. The van der Waals surface area contributed by atoms with Crippen molar-refractivity contribution in [2.75, 3.05) is 31.1 Å². The van der Waals surface area contributed by atoms with Gasteiger partial charge in [0.1, 0.15) is 0 Å². The van der Waals surface area contributed by atoms with Gasteiger partial charge in [0.25, 0.3) is 0 Å². The number of thioether (sulfide) groups is 1. The van der Waals surface area contributed by atoms with Gasteiger partial charge in [-0.1, -0.05) is 12.1 Å². The van der Waals surface area contributed by atoms with Crippen LogP contribution in [0.5, 0.6) is 0 Å². The normalized spacial score (nSPS) is 15.3. The molecule has 0 aliphatic carbocycles. The maximum Gasteiger partial charge on any atom is 0.420 e. The van der Waals surface area contributed by atoms with Crippen LogP contribution in [0.4, 0.5) is 4.79 Å². The average molecular weight is 307 g/mol. The summed E-state index contributed by atoms with van der Waals surface area (Å²) in [6, 6.07) is 7.22. The smallest absolute Gasteiger partial charge is 0.408 e. The molecule has 0 saturated carbocycles. The van der Waals surface area contributed by atoms with Crippen LogP contribution in [0.3, 0.4) is 0 Å². The summed E-state index contributed by atoms with van der Waals surface area (Å²) in [5, 5.41) is 2.86. The van der Waals surface area contributed by atoms with Crippen LogP contribution in [-0.2, 0) is 6.54 Å². The molecular weight excluding hydrogens is 290 g/mol. The van der Waals surface area contributed by atoms with Crippen molar-refractivity contribution in [3.05, 3.63) is 34.8 Å². The summed E-state index contributed by atoms with van der Waals surface area (Å²) in [6.07, 6.45) is 0. The van der Waals surface area contributed by atoms with Crippen LogP contribution in [0.2, 0.25) is 0 Å². The fourth-order valence-electron chi connectivity index (χ4n) is 2.38. The number of para-hydroxylation sites is 2. The summed E-state index contributed by atoms with van der Waals surface area (Å²) >= 11 is 1.86. The van der Waals surface area contributed by atoms with E-state index in [4.69, 9.17) is 4.42 Å². The third kappa shape index (κ3) is 3.07. The number of urea groups is 1. The third-order valence-corrected chi connectivity index (χ3v) is 4.43. The molecule has 1 saturated heterocycles. The molecule has 0 unspecified atom stereocenters. The number of hydrogen-bond acceptors (Lipinski definition) is 4. The minimum absolute atomic E-state index is 0.0591. The number of nitrogens with one attached hydrogen (secondary N) is 1. The molecule has 21 heavy (non-hydrogen) atoms. The lowest BCUT2D eigenvalue weighted by Gasteiger charge is -2.26. The first-order valence-electron chi connectivity index (χ1n) is 6.94. The lowest BCUT2D eigenvalue weighted by Crippen LogP contribution is -2.45. The van der Waals surface area contributed by atoms with Gasteiger partial charge in [0.15, 0.2) is 5.58 Å². The number of aromatic nitrogens is 1. The molecule has 0 bridgehead atoms. The van der Waals surface area contributed by atoms with E-state index < -0.39 is 0 Å². The Morgan fingerprint density at radius 3 is 2.86 bits per heavy atom. The number of carbonyl (C=O) groups is 1. The monoisotopic (exact) mass is 307 g/mol. The zero-order chi connectivity index (χ0) is 14.7. The van der Waals surface area contributed by atoms with Crippen LogP contribution in [0.1, 0.15) is 0 Å².